The van der Waals surface area contributed by atoms with Crippen LogP contribution in [0.2, 0.25) is 0 Å². The fraction of sp³-hybridized carbons (Fsp3) is 0.381. The van der Waals surface area contributed by atoms with Gasteiger partial charge in [-0.15, -0.1) is 0 Å². The summed E-state index contributed by atoms with van der Waals surface area (Å²) >= 11 is 0. The van der Waals surface area contributed by atoms with Gasteiger partial charge in [-0.2, -0.15) is 0 Å². The Morgan fingerprint density at radius 1 is 0.960 bits per heavy atom. The van der Waals surface area contributed by atoms with Crippen LogP contribution in [0.4, 0.5) is 0 Å². The summed E-state index contributed by atoms with van der Waals surface area (Å²) < 4.78 is 0. The molecule has 2 unspecified atom stereocenters. The number of rotatable bonds is 7. The van der Waals surface area contributed by atoms with Crippen molar-refractivity contribution < 1.29 is 9.90 Å². The van der Waals surface area contributed by atoms with Gasteiger partial charge in [0.15, 0.2) is 0 Å². The van der Waals surface area contributed by atoms with Crippen molar-refractivity contribution in [3.63, 3.8) is 0 Å². The number of likely N-dealkylation sites (tertiary alicyclic amines) is 1. The minimum absolute atomic E-state index is 0.0465. The first-order valence-electron chi connectivity index (χ1n) is 9.02. The van der Waals surface area contributed by atoms with E-state index in [2.05, 4.69) is 22.3 Å². The maximum atomic E-state index is 12.5. The number of aliphatic hydroxyl groups excluding tert-OH is 1. The molecule has 4 nitrogen and oxygen atoms in total. The van der Waals surface area contributed by atoms with Gasteiger partial charge in [-0.25, -0.2) is 0 Å². The van der Waals surface area contributed by atoms with Gasteiger partial charge in [0.1, 0.15) is 0 Å². The van der Waals surface area contributed by atoms with Crippen molar-refractivity contribution in [3.8, 4) is 0 Å². The highest BCUT2D eigenvalue weighted by Crippen LogP contribution is 2.20. The van der Waals surface area contributed by atoms with Crippen molar-refractivity contribution in [1.29, 1.82) is 0 Å². The van der Waals surface area contributed by atoms with E-state index in [0.29, 0.717) is 0 Å². The number of amides is 1. The molecule has 2 aromatic rings. The van der Waals surface area contributed by atoms with Crippen molar-refractivity contribution in [2.75, 3.05) is 19.6 Å². The molecule has 1 saturated heterocycles. The van der Waals surface area contributed by atoms with Crippen LogP contribution in [0.1, 0.15) is 42.5 Å². The number of nitrogens with zero attached hydrogens (tertiary/aromatic N) is 1. The standard InChI is InChI=1S/C21H26N2O2/c24-20(18-11-5-2-6-12-18)15-21(25)22-19(16-23-13-7-8-14-23)17-9-3-1-4-10-17/h1-6,9-12,19-20,24H,7-8,13-16H2,(H,22,25). The Morgan fingerprint density at radius 3 is 2.12 bits per heavy atom. The molecule has 0 bridgehead atoms. The molecule has 0 saturated carbocycles. The van der Waals surface area contributed by atoms with Crippen molar-refractivity contribution in [2.24, 2.45) is 0 Å². The van der Waals surface area contributed by atoms with Gasteiger partial charge in [-0.1, -0.05) is 60.7 Å². The quantitative estimate of drug-likeness (QED) is 0.816. The zero-order valence-corrected chi connectivity index (χ0v) is 14.5. The van der Waals surface area contributed by atoms with E-state index in [1.54, 1.807) is 0 Å². The lowest BCUT2D eigenvalue weighted by Gasteiger charge is -2.25. The van der Waals surface area contributed by atoms with Crippen LogP contribution in [0.3, 0.4) is 0 Å². The maximum Gasteiger partial charge on any atom is 0.223 e. The second-order valence-electron chi connectivity index (χ2n) is 6.67. The van der Waals surface area contributed by atoms with E-state index in [1.807, 2.05) is 48.5 Å². The Labute approximate surface area is 149 Å². The van der Waals surface area contributed by atoms with Gasteiger partial charge in [-0.3, -0.25) is 4.79 Å². The number of carbonyl (C=O) groups excluding carboxylic acids is 1. The highest BCUT2D eigenvalue weighted by atomic mass is 16.3. The minimum atomic E-state index is -0.774. The molecule has 2 N–H and O–H groups in total. The fourth-order valence-electron chi connectivity index (χ4n) is 3.37. The fourth-order valence-corrected chi connectivity index (χ4v) is 3.37. The highest BCUT2D eigenvalue weighted by molar-refractivity contribution is 5.77. The van der Waals surface area contributed by atoms with Crippen molar-refractivity contribution in [1.82, 2.24) is 10.2 Å². The first kappa shape index (κ1) is 17.6. The van der Waals surface area contributed by atoms with Gasteiger partial charge in [0.05, 0.1) is 18.6 Å². The molecular weight excluding hydrogens is 312 g/mol. The van der Waals surface area contributed by atoms with E-state index >= 15 is 0 Å². The van der Waals surface area contributed by atoms with Gasteiger partial charge in [0.2, 0.25) is 5.91 Å². The molecule has 0 aromatic heterocycles. The summed E-state index contributed by atoms with van der Waals surface area (Å²) in [6.07, 6.45) is 1.75. The first-order chi connectivity index (χ1) is 12.2. The number of nitrogens with one attached hydrogen (secondary N) is 1. The van der Waals surface area contributed by atoms with Crippen LogP contribution in [-0.2, 0) is 4.79 Å². The summed E-state index contributed by atoms with van der Waals surface area (Å²) in [6.45, 7) is 2.99. The van der Waals surface area contributed by atoms with E-state index < -0.39 is 6.10 Å². The molecule has 25 heavy (non-hydrogen) atoms. The van der Waals surface area contributed by atoms with Gasteiger partial charge in [0.25, 0.3) is 0 Å². The molecule has 2 atom stereocenters. The van der Waals surface area contributed by atoms with E-state index in [4.69, 9.17) is 0 Å². The molecular formula is C21H26N2O2. The van der Waals surface area contributed by atoms with Gasteiger partial charge in [0, 0.05) is 6.54 Å². The molecule has 1 amide bonds. The summed E-state index contributed by atoms with van der Waals surface area (Å²) in [4.78, 5) is 14.9. The van der Waals surface area contributed by atoms with Crippen LogP contribution in [-0.4, -0.2) is 35.5 Å². The van der Waals surface area contributed by atoms with E-state index in [9.17, 15) is 9.90 Å². The van der Waals surface area contributed by atoms with E-state index in [1.165, 1.54) is 12.8 Å². The topological polar surface area (TPSA) is 52.6 Å². The second-order valence-corrected chi connectivity index (χ2v) is 6.67. The highest BCUT2D eigenvalue weighted by Gasteiger charge is 2.22. The molecule has 3 rings (SSSR count). The van der Waals surface area contributed by atoms with Crippen LogP contribution in [0, 0.1) is 0 Å². The lowest BCUT2D eigenvalue weighted by molar-refractivity contribution is -0.124. The summed E-state index contributed by atoms with van der Waals surface area (Å²) in [5.41, 5.74) is 1.88. The molecule has 1 aliphatic heterocycles. The molecule has 0 aliphatic carbocycles. The van der Waals surface area contributed by atoms with Crippen molar-refractivity contribution in [2.45, 2.75) is 31.4 Å². The largest absolute Gasteiger partial charge is 0.388 e. The Bertz CT molecular complexity index is 654. The molecule has 1 aliphatic rings. The molecule has 0 spiro atoms. The molecule has 4 heteroatoms. The summed E-state index contributed by atoms with van der Waals surface area (Å²) in [6, 6.07) is 19.4. The minimum Gasteiger partial charge on any atom is -0.388 e. The molecule has 1 heterocycles. The van der Waals surface area contributed by atoms with Gasteiger partial charge in [-0.05, 0) is 37.1 Å². The Hall–Kier alpha value is -2.17. The SMILES string of the molecule is O=C(CC(O)c1ccccc1)NC(CN1CCCC1)c1ccccc1. The van der Waals surface area contributed by atoms with Gasteiger partial charge < -0.3 is 15.3 Å². The average molecular weight is 338 g/mol. The monoisotopic (exact) mass is 338 g/mol. The predicted octanol–water partition coefficient (Wildman–Crippen LogP) is 3.06. The number of hydrogen-bond acceptors (Lipinski definition) is 3. The third-order valence-corrected chi connectivity index (χ3v) is 4.74. The molecule has 1 fully saturated rings. The summed E-state index contributed by atoms with van der Waals surface area (Å²) in [5, 5.41) is 13.4. The number of benzene rings is 2. The third-order valence-electron chi connectivity index (χ3n) is 4.74. The van der Waals surface area contributed by atoms with Crippen LogP contribution < -0.4 is 5.32 Å². The Balaban J connectivity index is 1.63. The lowest BCUT2D eigenvalue weighted by Crippen LogP contribution is -2.37. The first-order valence-corrected chi connectivity index (χ1v) is 9.02. The number of aliphatic hydroxyl groups is 1. The van der Waals surface area contributed by atoms with Crippen molar-refractivity contribution in [3.05, 3.63) is 71.8 Å². The summed E-state index contributed by atoms with van der Waals surface area (Å²) in [7, 11) is 0. The van der Waals surface area contributed by atoms with Crippen LogP contribution in [0.5, 0.6) is 0 Å². The molecule has 2 aromatic carbocycles. The summed E-state index contributed by atoms with van der Waals surface area (Å²) in [5.74, 6) is -0.121. The van der Waals surface area contributed by atoms with Crippen LogP contribution in [0.25, 0.3) is 0 Å². The van der Waals surface area contributed by atoms with Crippen molar-refractivity contribution >= 4 is 5.91 Å². The Morgan fingerprint density at radius 2 is 1.52 bits per heavy atom. The smallest absolute Gasteiger partial charge is 0.223 e. The normalized spacial score (nSPS) is 17.2. The third kappa shape index (κ3) is 5.15. The number of carbonyl (C=O) groups is 1. The Kier molecular flexibility index (Phi) is 6.20. The molecule has 132 valence electrons. The van der Waals surface area contributed by atoms with Gasteiger partial charge >= 0.3 is 0 Å². The average Bonchev–Trinajstić information content (AvgIpc) is 3.16. The molecule has 0 radical (unpaired) electrons. The van der Waals surface area contributed by atoms with Crippen LogP contribution in [0.15, 0.2) is 60.7 Å². The van der Waals surface area contributed by atoms with E-state index in [-0.39, 0.29) is 18.4 Å². The number of hydrogen-bond donors (Lipinski definition) is 2. The maximum absolute atomic E-state index is 12.5. The second kappa shape index (κ2) is 8.79. The van der Waals surface area contributed by atoms with E-state index in [0.717, 1.165) is 30.8 Å². The zero-order chi connectivity index (χ0) is 17.5. The zero-order valence-electron chi connectivity index (χ0n) is 14.5. The lowest BCUT2D eigenvalue weighted by atomic mass is 10.0. The van der Waals surface area contributed by atoms with Crippen LogP contribution >= 0.6 is 0 Å². The predicted molar refractivity (Wildman–Crippen MR) is 99.0 cm³/mol.